The highest BCUT2D eigenvalue weighted by Gasteiger charge is 2.27. The normalized spacial score (nSPS) is 19.8. The van der Waals surface area contributed by atoms with Crippen LogP contribution in [0.2, 0.25) is 0 Å². The number of hydrogen-bond donors (Lipinski definition) is 1. The number of nitrogens with one attached hydrogen (secondary N) is 1. The number of furan rings is 1. The third kappa shape index (κ3) is 1.89. The van der Waals surface area contributed by atoms with Crippen molar-refractivity contribution in [1.82, 2.24) is 10.3 Å². The van der Waals surface area contributed by atoms with Gasteiger partial charge >= 0.3 is 0 Å². The SMILES string of the molecule is CC1(C)CN(c2nccc3occc23)CCN1. The predicted molar refractivity (Wildman–Crippen MR) is 68.3 cm³/mol. The molecule has 0 atom stereocenters. The van der Waals surface area contributed by atoms with Crippen LogP contribution in [0.5, 0.6) is 0 Å². The summed E-state index contributed by atoms with van der Waals surface area (Å²) in [5.74, 6) is 1.03. The minimum absolute atomic E-state index is 0.131. The zero-order valence-corrected chi connectivity index (χ0v) is 10.2. The fourth-order valence-corrected chi connectivity index (χ4v) is 2.45. The Bertz CT molecular complexity index is 532. The Morgan fingerprint density at radius 3 is 3.12 bits per heavy atom. The van der Waals surface area contributed by atoms with Gasteiger partial charge < -0.3 is 14.6 Å². The number of hydrogen-bond acceptors (Lipinski definition) is 4. The minimum atomic E-state index is 0.131. The van der Waals surface area contributed by atoms with Crippen molar-refractivity contribution in [2.45, 2.75) is 19.4 Å². The lowest BCUT2D eigenvalue weighted by atomic mass is 10.0. The van der Waals surface area contributed by atoms with Gasteiger partial charge in [-0.2, -0.15) is 0 Å². The van der Waals surface area contributed by atoms with E-state index < -0.39 is 0 Å². The number of aromatic nitrogens is 1. The number of fused-ring (bicyclic) bond motifs is 1. The van der Waals surface area contributed by atoms with E-state index >= 15 is 0 Å². The highest BCUT2D eigenvalue weighted by Crippen LogP contribution is 2.27. The van der Waals surface area contributed by atoms with Crippen LogP contribution >= 0.6 is 0 Å². The number of nitrogens with zero attached hydrogens (tertiary/aromatic N) is 2. The van der Waals surface area contributed by atoms with Crippen molar-refractivity contribution in [3.8, 4) is 0 Å². The molecule has 4 heteroatoms. The Balaban J connectivity index is 2.00. The monoisotopic (exact) mass is 231 g/mol. The lowest BCUT2D eigenvalue weighted by Gasteiger charge is -2.39. The number of piperazine rings is 1. The summed E-state index contributed by atoms with van der Waals surface area (Å²) >= 11 is 0. The van der Waals surface area contributed by atoms with E-state index in [0.29, 0.717) is 0 Å². The summed E-state index contributed by atoms with van der Waals surface area (Å²) in [6.07, 6.45) is 3.54. The van der Waals surface area contributed by atoms with Crippen molar-refractivity contribution in [2.24, 2.45) is 0 Å². The summed E-state index contributed by atoms with van der Waals surface area (Å²) in [6.45, 7) is 7.37. The standard InChI is InChI=1S/C13H17N3O/c1-13(2)9-16(7-6-15-13)12-10-4-8-17-11(10)3-5-14-12/h3-5,8,15H,6-7,9H2,1-2H3. The highest BCUT2D eigenvalue weighted by atomic mass is 16.3. The molecule has 0 aromatic carbocycles. The molecule has 1 saturated heterocycles. The van der Waals surface area contributed by atoms with Gasteiger partial charge in [0.15, 0.2) is 0 Å². The molecule has 1 aliphatic rings. The molecule has 0 amide bonds. The van der Waals surface area contributed by atoms with Crippen LogP contribution in [0, 0.1) is 0 Å². The van der Waals surface area contributed by atoms with E-state index in [1.165, 1.54) is 0 Å². The van der Waals surface area contributed by atoms with Gasteiger partial charge in [-0.25, -0.2) is 4.98 Å². The van der Waals surface area contributed by atoms with Crippen molar-refractivity contribution in [3.05, 3.63) is 24.6 Å². The van der Waals surface area contributed by atoms with Crippen molar-refractivity contribution >= 4 is 16.8 Å². The maximum atomic E-state index is 5.42. The van der Waals surface area contributed by atoms with E-state index in [-0.39, 0.29) is 5.54 Å². The van der Waals surface area contributed by atoms with E-state index in [4.69, 9.17) is 4.42 Å². The third-order valence-corrected chi connectivity index (χ3v) is 3.23. The molecule has 17 heavy (non-hydrogen) atoms. The largest absolute Gasteiger partial charge is 0.464 e. The van der Waals surface area contributed by atoms with E-state index in [9.17, 15) is 0 Å². The molecule has 0 unspecified atom stereocenters. The maximum Gasteiger partial charge on any atom is 0.139 e. The molecule has 3 rings (SSSR count). The van der Waals surface area contributed by atoms with Crippen LogP contribution in [-0.2, 0) is 0 Å². The van der Waals surface area contributed by atoms with Gasteiger partial charge in [-0.15, -0.1) is 0 Å². The molecule has 0 spiro atoms. The fourth-order valence-electron chi connectivity index (χ4n) is 2.45. The number of anilines is 1. The number of pyridine rings is 1. The van der Waals surface area contributed by atoms with Gasteiger partial charge in [0.1, 0.15) is 11.4 Å². The zero-order valence-electron chi connectivity index (χ0n) is 10.2. The van der Waals surface area contributed by atoms with Crippen LogP contribution in [0.25, 0.3) is 11.0 Å². The van der Waals surface area contributed by atoms with E-state index in [1.54, 1.807) is 6.26 Å². The Morgan fingerprint density at radius 1 is 1.41 bits per heavy atom. The average molecular weight is 231 g/mol. The van der Waals surface area contributed by atoms with Gasteiger partial charge in [0.05, 0.1) is 11.6 Å². The van der Waals surface area contributed by atoms with Gasteiger partial charge in [-0.3, -0.25) is 0 Å². The van der Waals surface area contributed by atoms with E-state index in [0.717, 1.165) is 36.4 Å². The molecule has 1 aliphatic heterocycles. The molecule has 3 heterocycles. The Labute approximate surface area is 101 Å². The van der Waals surface area contributed by atoms with Gasteiger partial charge in [0, 0.05) is 31.4 Å². The van der Waals surface area contributed by atoms with Gasteiger partial charge in [0.2, 0.25) is 0 Å². The maximum absolute atomic E-state index is 5.42. The fraction of sp³-hybridized carbons (Fsp3) is 0.462. The van der Waals surface area contributed by atoms with Crippen LogP contribution in [0.4, 0.5) is 5.82 Å². The summed E-state index contributed by atoms with van der Waals surface area (Å²) in [6, 6.07) is 3.90. The molecule has 0 bridgehead atoms. The quantitative estimate of drug-likeness (QED) is 0.815. The second-order valence-corrected chi connectivity index (χ2v) is 5.20. The number of rotatable bonds is 1. The third-order valence-electron chi connectivity index (χ3n) is 3.23. The zero-order chi connectivity index (χ0) is 11.9. The summed E-state index contributed by atoms with van der Waals surface area (Å²) in [5.41, 5.74) is 1.04. The van der Waals surface area contributed by atoms with Crippen LogP contribution in [0.3, 0.4) is 0 Å². The topological polar surface area (TPSA) is 41.3 Å². The smallest absolute Gasteiger partial charge is 0.139 e. The van der Waals surface area contributed by atoms with Crippen LogP contribution < -0.4 is 10.2 Å². The molecule has 0 radical (unpaired) electrons. The van der Waals surface area contributed by atoms with Crippen LogP contribution in [-0.4, -0.2) is 30.2 Å². The van der Waals surface area contributed by atoms with Crippen LogP contribution in [0.15, 0.2) is 29.0 Å². The molecule has 1 fully saturated rings. The Hall–Kier alpha value is -1.55. The van der Waals surface area contributed by atoms with Crippen LogP contribution in [0.1, 0.15) is 13.8 Å². The minimum Gasteiger partial charge on any atom is -0.464 e. The molecule has 0 saturated carbocycles. The summed E-state index contributed by atoms with van der Waals surface area (Å²) in [7, 11) is 0. The average Bonchev–Trinajstić information content (AvgIpc) is 2.75. The molecule has 2 aromatic rings. The summed E-state index contributed by atoms with van der Waals surface area (Å²) < 4.78 is 5.42. The molecular formula is C13H17N3O. The van der Waals surface area contributed by atoms with Gasteiger partial charge in [-0.05, 0) is 26.0 Å². The van der Waals surface area contributed by atoms with Crippen molar-refractivity contribution in [2.75, 3.05) is 24.5 Å². The molecule has 90 valence electrons. The second-order valence-electron chi connectivity index (χ2n) is 5.20. The second kappa shape index (κ2) is 3.74. The first-order chi connectivity index (χ1) is 8.16. The van der Waals surface area contributed by atoms with Crippen molar-refractivity contribution in [1.29, 1.82) is 0 Å². The Kier molecular flexibility index (Phi) is 2.33. The van der Waals surface area contributed by atoms with E-state index in [2.05, 4.69) is 29.0 Å². The first-order valence-corrected chi connectivity index (χ1v) is 5.98. The first-order valence-electron chi connectivity index (χ1n) is 5.98. The molecular weight excluding hydrogens is 214 g/mol. The van der Waals surface area contributed by atoms with Crippen molar-refractivity contribution in [3.63, 3.8) is 0 Å². The first kappa shape index (κ1) is 10.6. The van der Waals surface area contributed by atoms with Gasteiger partial charge in [-0.1, -0.05) is 0 Å². The lowest BCUT2D eigenvalue weighted by Crippen LogP contribution is -2.57. The lowest BCUT2D eigenvalue weighted by molar-refractivity contribution is 0.352. The predicted octanol–water partition coefficient (Wildman–Crippen LogP) is 2.02. The van der Waals surface area contributed by atoms with E-state index in [1.807, 2.05) is 18.3 Å². The van der Waals surface area contributed by atoms with Crippen molar-refractivity contribution < 1.29 is 4.42 Å². The molecule has 0 aliphatic carbocycles. The molecule has 4 nitrogen and oxygen atoms in total. The molecule has 2 aromatic heterocycles. The molecule has 1 N–H and O–H groups in total. The Morgan fingerprint density at radius 2 is 2.29 bits per heavy atom. The van der Waals surface area contributed by atoms with Gasteiger partial charge in [0.25, 0.3) is 0 Å². The summed E-state index contributed by atoms with van der Waals surface area (Å²) in [4.78, 5) is 6.83. The summed E-state index contributed by atoms with van der Waals surface area (Å²) in [5, 5.41) is 4.61. The highest BCUT2D eigenvalue weighted by molar-refractivity contribution is 5.88.